The SMILES string of the molecule is CCC(C)C(NC(=O)CSc1nncn1-c1ccc(C)cc1)C(N)=O. The molecule has 0 aliphatic heterocycles. The molecule has 8 heteroatoms. The summed E-state index contributed by atoms with van der Waals surface area (Å²) in [4.78, 5) is 23.7. The van der Waals surface area contributed by atoms with E-state index in [4.69, 9.17) is 5.73 Å². The molecule has 0 saturated carbocycles. The predicted molar refractivity (Wildman–Crippen MR) is 97.4 cm³/mol. The molecule has 0 spiro atoms. The zero-order valence-corrected chi connectivity index (χ0v) is 15.4. The highest BCUT2D eigenvalue weighted by atomic mass is 32.2. The van der Waals surface area contributed by atoms with Gasteiger partial charge >= 0.3 is 0 Å². The van der Waals surface area contributed by atoms with E-state index in [1.54, 1.807) is 6.33 Å². The number of nitrogens with zero attached hydrogens (tertiary/aromatic N) is 3. The van der Waals surface area contributed by atoms with Crippen molar-refractivity contribution in [2.45, 2.75) is 38.4 Å². The summed E-state index contributed by atoms with van der Waals surface area (Å²) in [6.07, 6.45) is 2.36. The first-order valence-corrected chi connectivity index (χ1v) is 9.09. The topological polar surface area (TPSA) is 103 Å². The number of nitrogens with two attached hydrogens (primary N) is 1. The largest absolute Gasteiger partial charge is 0.368 e. The van der Waals surface area contributed by atoms with Crippen LogP contribution in [0.5, 0.6) is 0 Å². The second kappa shape index (κ2) is 8.66. The second-order valence-corrected chi connectivity index (χ2v) is 6.88. The molecule has 2 rings (SSSR count). The summed E-state index contributed by atoms with van der Waals surface area (Å²) in [5, 5.41) is 11.3. The molecule has 25 heavy (non-hydrogen) atoms. The first-order valence-electron chi connectivity index (χ1n) is 8.11. The molecule has 1 heterocycles. The third-order valence-corrected chi connectivity index (χ3v) is 4.94. The normalized spacial score (nSPS) is 13.2. The zero-order chi connectivity index (χ0) is 18.4. The van der Waals surface area contributed by atoms with Crippen molar-refractivity contribution >= 4 is 23.6 Å². The number of hydrogen-bond donors (Lipinski definition) is 2. The third-order valence-electron chi connectivity index (χ3n) is 4.00. The highest BCUT2D eigenvalue weighted by Crippen LogP contribution is 2.19. The number of hydrogen-bond acceptors (Lipinski definition) is 5. The summed E-state index contributed by atoms with van der Waals surface area (Å²) < 4.78 is 1.82. The van der Waals surface area contributed by atoms with Crippen molar-refractivity contribution in [1.29, 1.82) is 0 Å². The van der Waals surface area contributed by atoms with Gasteiger partial charge in [0.25, 0.3) is 0 Å². The molecule has 0 saturated heterocycles. The lowest BCUT2D eigenvalue weighted by Gasteiger charge is -2.20. The predicted octanol–water partition coefficient (Wildman–Crippen LogP) is 1.68. The van der Waals surface area contributed by atoms with E-state index in [1.807, 2.05) is 49.6 Å². The lowest BCUT2D eigenvalue weighted by molar-refractivity contribution is -0.127. The summed E-state index contributed by atoms with van der Waals surface area (Å²) in [5.41, 5.74) is 7.46. The number of carbonyl (C=O) groups is 2. The van der Waals surface area contributed by atoms with Crippen LogP contribution in [0.1, 0.15) is 25.8 Å². The lowest BCUT2D eigenvalue weighted by Crippen LogP contribution is -2.48. The fourth-order valence-corrected chi connectivity index (χ4v) is 3.02. The fourth-order valence-electron chi connectivity index (χ4n) is 2.28. The number of aromatic nitrogens is 3. The lowest BCUT2D eigenvalue weighted by atomic mass is 9.99. The fraction of sp³-hybridized carbons (Fsp3) is 0.412. The molecule has 0 aliphatic rings. The standard InChI is InChI=1S/C17H23N5O2S/c1-4-12(3)15(16(18)24)20-14(23)9-25-17-21-19-10-22(17)13-7-5-11(2)6-8-13/h5-8,10,12,15H,4,9H2,1-3H3,(H2,18,24)(H,20,23). The van der Waals surface area contributed by atoms with Crippen molar-refractivity contribution < 1.29 is 9.59 Å². The Morgan fingerprint density at radius 2 is 2.00 bits per heavy atom. The number of amides is 2. The van der Waals surface area contributed by atoms with Crippen LogP contribution in [-0.4, -0.2) is 38.4 Å². The Kier molecular flexibility index (Phi) is 6.58. The highest BCUT2D eigenvalue weighted by Gasteiger charge is 2.23. The van der Waals surface area contributed by atoms with Gasteiger partial charge < -0.3 is 11.1 Å². The molecule has 1 aromatic heterocycles. The van der Waals surface area contributed by atoms with E-state index < -0.39 is 11.9 Å². The van der Waals surface area contributed by atoms with Gasteiger partial charge in [0.1, 0.15) is 12.4 Å². The van der Waals surface area contributed by atoms with Gasteiger partial charge in [0.05, 0.1) is 5.75 Å². The van der Waals surface area contributed by atoms with Gasteiger partial charge in [-0.15, -0.1) is 10.2 Å². The molecule has 3 N–H and O–H groups in total. The summed E-state index contributed by atoms with van der Waals surface area (Å²) in [5.74, 6) is -0.657. The first-order chi connectivity index (χ1) is 11.9. The van der Waals surface area contributed by atoms with E-state index in [9.17, 15) is 9.59 Å². The van der Waals surface area contributed by atoms with E-state index >= 15 is 0 Å². The summed E-state index contributed by atoms with van der Waals surface area (Å²) >= 11 is 1.26. The Balaban J connectivity index is 2.00. The molecule has 2 atom stereocenters. The van der Waals surface area contributed by atoms with Gasteiger partial charge in [-0.25, -0.2) is 0 Å². The molecule has 0 radical (unpaired) electrons. The molecular weight excluding hydrogens is 338 g/mol. The van der Waals surface area contributed by atoms with Crippen molar-refractivity contribution in [1.82, 2.24) is 20.1 Å². The van der Waals surface area contributed by atoms with Crippen molar-refractivity contribution in [3.63, 3.8) is 0 Å². The monoisotopic (exact) mass is 361 g/mol. The van der Waals surface area contributed by atoms with Gasteiger partial charge in [0.2, 0.25) is 11.8 Å². The van der Waals surface area contributed by atoms with Gasteiger partial charge in [-0.3, -0.25) is 14.2 Å². The maximum Gasteiger partial charge on any atom is 0.240 e. The number of nitrogens with one attached hydrogen (secondary N) is 1. The average molecular weight is 361 g/mol. The smallest absolute Gasteiger partial charge is 0.240 e. The molecule has 7 nitrogen and oxygen atoms in total. The molecule has 0 aliphatic carbocycles. The number of carbonyl (C=O) groups excluding carboxylic acids is 2. The minimum atomic E-state index is -0.659. The molecule has 2 amide bonds. The molecule has 0 fully saturated rings. The number of rotatable bonds is 8. The van der Waals surface area contributed by atoms with Crippen LogP contribution in [0, 0.1) is 12.8 Å². The highest BCUT2D eigenvalue weighted by molar-refractivity contribution is 7.99. The number of thioether (sulfide) groups is 1. The van der Waals surface area contributed by atoms with Crippen molar-refractivity contribution in [2.24, 2.45) is 11.7 Å². The average Bonchev–Trinajstić information content (AvgIpc) is 3.06. The van der Waals surface area contributed by atoms with Gasteiger partial charge in [0.15, 0.2) is 5.16 Å². The molecule has 1 aromatic carbocycles. The second-order valence-electron chi connectivity index (χ2n) is 5.94. The Morgan fingerprint density at radius 1 is 1.32 bits per heavy atom. The maximum atomic E-state index is 12.2. The van der Waals surface area contributed by atoms with Gasteiger partial charge in [-0.05, 0) is 25.0 Å². The number of primary amides is 1. The van der Waals surface area contributed by atoms with Crippen LogP contribution in [0.25, 0.3) is 5.69 Å². The third kappa shape index (κ3) is 5.06. The van der Waals surface area contributed by atoms with E-state index in [2.05, 4.69) is 15.5 Å². The minimum absolute atomic E-state index is 0.0114. The number of benzene rings is 1. The Hall–Kier alpha value is -2.35. The van der Waals surface area contributed by atoms with Crippen LogP contribution in [0.15, 0.2) is 35.7 Å². The van der Waals surface area contributed by atoms with Crippen LogP contribution in [0.3, 0.4) is 0 Å². The van der Waals surface area contributed by atoms with E-state index in [-0.39, 0.29) is 17.6 Å². The van der Waals surface area contributed by atoms with Crippen LogP contribution in [0.4, 0.5) is 0 Å². The van der Waals surface area contributed by atoms with Crippen LogP contribution < -0.4 is 11.1 Å². The summed E-state index contributed by atoms with van der Waals surface area (Å²) in [6.45, 7) is 5.85. The maximum absolute atomic E-state index is 12.2. The molecule has 2 aromatic rings. The van der Waals surface area contributed by atoms with Gasteiger partial charge in [-0.2, -0.15) is 0 Å². The van der Waals surface area contributed by atoms with Gasteiger partial charge in [0, 0.05) is 5.69 Å². The Labute approximate surface area is 151 Å². The van der Waals surface area contributed by atoms with Crippen LogP contribution in [0.2, 0.25) is 0 Å². The van der Waals surface area contributed by atoms with E-state index in [1.165, 1.54) is 11.8 Å². The number of aryl methyl sites for hydroxylation is 1. The van der Waals surface area contributed by atoms with Crippen molar-refractivity contribution in [3.8, 4) is 5.69 Å². The van der Waals surface area contributed by atoms with Gasteiger partial charge in [-0.1, -0.05) is 49.7 Å². The zero-order valence-electron chi connectivity index (χ0n) is 14.6. The molecule has 0 bridgehead atoms. The minimum Gasteiger partial charge on any atom is -0.368 e. The van der Waals surface area contributed by atoms with E-state index in [0.717, 1.165) is 17.7 Å². The van der Waals surface area contributed by atoms with Crippen LogP contribution >= 0.6 is 11.8 Å². The van der Waals surface area contributed by atoms with E-state index in [0.29, 0.717) is 5.16 Å². The molecule has 2 unspecified atom stereocenters. The Bertz CT molecular complexity index is 729. The quantitative estimate of drug-likeness (QED) is 0.697. The van der Waals surface area contributed by atoms with Crippen molar-refractivity contribution in [3.05, 3.63) is 36.2 Å². The first kappa shape index (κ1) is 19.0. The van der Waals surface area contributed by atoms with Crippen LogP contribution in [-0.2, 0) is 9.59 Å². The summed E-state index contributed by atoms with van der Waals surface area (Å²) in [6, 6.07) is 7.28. The Morgan fingerprint density at radius 3 is 2.60 bits per heavy atom. The van der Waals surface area contributed by atoms with Crippen molar-refractivity contribution in [2.75, 3.05) is 5.75 Å². The molecular formula is C17H23N5O2S. The summed E-state index contributed by atoms with van der Waals surface area (Å²) in [7, 11) is 0. The molecule has 134 valence electrons.